The lowest BCUT2D eigenvalue weighted by molar-refractivity contribution is -0.117. The van der Waals surface area contributed by atoms with Crippen molar-refractivity contribution in [2.45, 2.75) is 43.7 Å². The smallest absolute Gasteiger partial charge is 0.292 e. The van der Waals surface area contributed by atoms with Crippen LogP contribution in [0.2, 0.25) is 0 Å². The molecule has 1 N–H and O–H groups in total. The number of aromatic nitrogens is 2. The van der Waals surface area contributed by atoms with Crippen molar-refractivity contribution in [3.63, 3.8) is 0 Å². The lowest BCUT2D eigenvalue weighted by Crippen LogP contribution is -2.43. The summed E-state index contributed by atoms with van der Waals surface area (Å²) in [5.41, 5.74) is 1.74. The molecule has 1 aliphatic carbocycles. The predicted octanol–water partition coefficient (Wildman–Crippen LogP) is 2.05. The molecule has 1 aromatic carbocycles. The minimum absolute atomic E-state index is 0.0498. The number of carbonyl (C=O) groups is 2. The first-order valence-electron chi connectivity index (χ1n) is 9.01. The minimum Gasteiger partial charge on any atom is -0.324 e. The number of benzene rings is 1. The summed E-state index contributed by atoms with van der Waals surface area (Å²) in [6, 6.07) is 7.67. The number of para-hydroxylation sites is 1. The number of carbonyl (C=O) groups excluding carboxylic acids is 2. The van der Waals surface area contributed by atoms with E-state index in [1.807, 2.05) is 31.2 Å². The number of nitrogens with one attached hydrogen (secondary N) is 1. The highest BCUT2D eigenvalue weighted by Gasteiger charge is 2.39. The zero-order valence-corrected chi connectivity index (χ0v) is 15.8. The van der Waals surface area contributed by atoms with E-state index in [1.54, 1.807) is 11.1 Å². The van der Waals surface area contributed by atoms with Crippen LogP contribution in [0, 0.1) is 0 Å². The number of aryl methyl sites for hydroxylation is 1. The largest absolute Gasteiger partial charge is 0.324 e. The van der Waals surface area contributed by atoms with Crippen molar-refractivity contribution in [2.75, 3.05) is 16.0 Å². The highest BCUT2D eigenvalue weighted by molar-refractivity contribution is 8.00. The number of rotatable bonds is 5. The lowest BCUT2D eigenvalue weighted by atomic mass is 10.1. The minimum atomic E-state index is -0.390. The van der Waals surface area contributed by atoms with Crippen molar-refractivity contribution < 1.29 is 9.59 Å². The van der Waals surface area contributed by atoms with Gasteiger partial charge in [-0.2, -0.15) is 5.10 Å². The molecule has 0 bridgehead atoms. The molecule has 2 heterocycles. The lowest BCUT2D eigenvalue weighted by Gasteiger charge is -2.28. The molecule has 1 fully saturated rings. The van der Waals surface area contributed by atoms with Gasteiger partial charge in [-0.3, -0.25) is 14.4 Å². The summed E-state index contributed by atoms with van der Waals surface area (Å²) in [6.45, 7) is 1.82. The van der Waals surface area contributed by atoms with E-state index in [-0.39, 0.29) is 30.0 Å². The van der Waals surface area contributed by atoms with Crippen molar-refractivity contribution >= 4 is 35.0 Å². The molecule has 8 heteroatoms. The molecule has 140 valence electrons. The Morgan fingerprint density at radius 3 is 2.81 bits per heavy atom. The molecule has 7 nitrogen and oxygen atoms in total. The Kier molecular flexibility index (Phi) is 4.73. The molecule has 1 aliphatic heterocycles. The third-order valence-corrected chi connectivity index (χ3v) is 5.72. The second-order valence-electron chi connectivity index (χ2n) is 6.66. The standard InChI is InChI=1S/C19H20N4O3S/c1-2-12-5-3-4-6-14(12)21-16(24)10-22-19(26)18-15(9-20-22)27-11-17(25)23(18)13-7-8-13/h3-6,9,13H,2,7-8,10-11H2,1H3,(H,21,24). The van der Waals surface area contributed by atoms with Gasteiger partial charge >= 0.3 is 0 Å². The molecule has 0 unspecified atom stereocenters. The van der Waals surface area contributed by atoms with E-state index in [4.69, 9.17) is 0 Å². The fraction of sp³-hybridized carbons (Fsp3) is 0.368. The highest BCUT2D eigenvalue weighted by Crippen LogP contribution is 2.38. The van der Waals surface area contributed by atoms with Crippen LogP contribution in [0.5, 0.6) is 0 Å². The van der Waals surface area contributed by atoms with Crippen LogP contribution in [0.15, 0.2) is 40.2 Å². The van der Waals surface area contributed by atoms with E-state index in [2.05, 4.69) is 10.4 Å². The molecule has 0 spiro atoms. The van der Waals surface area contributed by atoms with Gasteiger partial charge in [-0.1, -0.05) is 25.1 Å². The summed E-state index contributed by atoms with van der Waals surface area (Å²) in [4.78, 5) is 40.0. The zero-order chi connectivity index (χ0) is 19.0. The predicted molar refractivity (Wildman–Crippen MR) is 104 cm³/mol. The van der Waals surface area contributed by atoms with E-state index in [0.29, 0.717) is 16.3 Å². The maximum absolute atomic E-state index is 12.9. The van der Waals surface area contributed by atoms with Gasteiger partial charge in [-0.15, -0.1) is 11.8 Å². The quantitative estimate of drug-likeness (QED) is 0.853. The summed E-state index contributed by atoms with van der Waals surface area (Å²) in [5.74, 6) is -0.0486. The van der Waals surface area contributed by atoms with Crippen LogP contribution in [0.25, 0.3) is 0 Å². The molecule has 0 atom stereocenters. The number of nitrogens with zero attached hydrogens (tertiary/aromatic N) is 3. The molecule has 2 aromatic rings. The molecule has 1 saturated carbocycles. The van der Waals surface area contributed by atoms with Gasteiger partial charge in [-0.05, 0) is 30.9 Å². The molecule has 0 saturated heterocycles. The van der Waals surface area contributed by atoms with Crippen LogP contribution in [-0.2, 0) is 22.6 Å². The number of anilines is 2. The van der Waals surface area contributed by atoms with Crippen molar-refractivity contribution in [3.8, 4) is 0 Å². The van der Waals surface area contributed by atoms with Crippen LogP contribution in [0.1, 0.15) is 25.3 Å². The average Bonchev–Trinajstić information content (AvgIpc) is 3.49. The molecule has 2 aliphatic rings. The summed E-state index contributed by atoms with van der Waals surface area (Å²) in [6.07, 6.45) is 4.19. The Morgan fingerprint density at radius 2 is 2.07 bits per heavy atom. The maximum Gasteiger partial charge on any atom is 0.292 e. The van der Waals surface area contributed by atoms with E-state index in [9.17, 15) is 14.4 Å². The first-order valence-corrected chi connectivity index (χ1v) is 9.99. The number of hydrogen-bond donors (Lipinski definition) is 1. The van der Waals surface area contributed by atoms with Crippen LogP contribution >= 0.6 is 11.8 Å². The van der Waals surface area contributed by atoms with Crippen LogP contribution in [0.3, 0.4) is 0 Å². The molecule has 4 rings (SSSR count). The van der Waals surface area contributed by atoms with Gasteiger partial charge in [0.05, 0.1) is 16.8 Å². The third kappa shape index (κ3) is 3.49. The summed E-state index contributed by atoms with van der Waals surface area (Å²) < 4.78 is 1.14. The van der Waals surface area contributed by atoms with Crippen molar-refractivity contribution in [1.29, 1.82) is 0 Å². The number of fused-ring (bicyclic) bond motifs is 1. The first kappa shape index (κ1) is 17.8. The maximum atomic E-state index is 12.9. The molecule has 27 heavy (non-hydrogen) atoms. The summed E-state index contributed by atoms with van der Waals surface area (Å²) in [7, 11) is 0. The Bertz CT molecular complexity index is 968. The number of amides is 2. The van der Waals surface area contributed by atoms with Crippen LogP contribution in [0.4, 0.5) is 11.4 Å². The van der Waals surface area contributed by atoms with Gasteiger partial charge < -0.3 is 10.2 Å². The van der Waals surface area contributed by atoms with E-state index in [0.717, 1.165) is 35.2 Å². The van der Waals surface area contributed by atoms with Gasteiger partial charge in [0.25, 0.3) is 5.56 Å². The van der Waals surface area contributed by atoms with Gasteiger partial charge in [-0.25, -0.2) is 4.68 Å². The van der Waals surface area contributed by atoms with Crippen LogP contribution in [-0.4, -0.2) is 33.4 Å². The van der Waals surface area contributed by atoms with E-state index < -0.39 is 0 Å². The Labute approximate surface area is 160 Å². The number of hydrogen-bond acceptors (Lipinski definition) is 5. The fourth-order valence-corrected chi connectivity index (χ4v) is 4.09. The Balaban J connectivity index is 1.59. The van der Waals surface area contributed by atoms with Gasteiger partial charge in [0, 0.05) is 11.7 Å². The highest BCUT2D eigenvalue weighted by atomic mass is 32.2. The average molecular weight is 384 g/mol. The molecular formula is C19H20N4O3S. The Hall–Kier alpha value is -2.61. The van der Waals surface area contributed by atoms with Gasteiger partial charge in [0.15, 0.2) is 0 Å². The van der Waals surface area contributed by atoms with E-state index in [1.165, 1.54) is 11.8 Å². The summed E-state index contributed by atoms with van der Waals surface area (Å²) in [5, 5.41) is 6.99. The van der Waals surface area contributed by atoms with Gasteiger partial charge in [0.1, 0.15) is 12.2 Å². The monoisotopic (exact) mass is 384 g/mol. The second-order valence-corrected chi connectivity index (χ2v) is 7.68. The summed E-state index contributed by atoms with van der Waals surface area (Å²) >= 11 is 1.33. The molecule has 2 amide bonds. The molecular weight excluding hydrogens is 364 g/mol. The molecule has 0 radical (unpaired) electrons. The number of thioether (sulfide) groups is 1. The molecule has 1 aromatic heterocycles. The first-order chi connectivity index (χ1) is 13.1. The second kappa shape index (κ2) is 7.19. The van der Waals surface area contributed by atoms with Crippen molar-refractivity contribution in [1.82, 2.24) is 9.78 Å². The normalized spacial score (nSPS) is 16.2. The fourth-order valence-electron chi connectivity index (χ4n) is 3.23. The SMILES string of the molecule is CCc1ccccc1NC(=O)Cn1ncc2c(c1=O)N(C1CC1)C(=O)CS2. The zero-order valence-electron chi connectivity index (χ0n) is 15.0. The third-order valence-electron chi connectivity index (χ3n) is 4.72. The van der Waals surface area contributed by atoms with Gasteiger partial charge in [0.2, 0.25) is 11.8 Å². The van der Waals surface area contributed by atoms with Crippen LogP contribution < -0.4 is 15.8 Å². The van der Waals surface area contributed by atoms with Crippen molar-refractivity contribution in [2.24, 2.45) is 0 Å². The van der Waals surface area contributed by atoms with E-state index >= 15 is 0 Å². The topological polar surface area (TPSA) is 84.3 Å². The van der Waals surface area contributed by atoms with Crippen molar-refractivity contribution in [3.05, 3.63) is 46.4 Å². The Morgan fingerprint density at radius 1 is 1.30 bits per heavy atom.